The highest BCUT2D eigenvalue weighted by atomic mass is 32.1. The molecule has 4 heterocycles. The van der Waals surface area contributed by atoms with Crippen molar-refractivity contribution in [1.29, 1.82) is 0 Å². The molecule has 1 aromatic carbocycles. The highest BCUT2D eigenvalue weighted by Crippen LogP contribution is 2.44. The van der Waals surface area contributed by atoms with Crippen LogP contribution in [0.2, 0.25) is 0 Å². The molecule has 3 aromatic rings. The van der Waals surface area contributed by atoms with Crippen LogP contribution in [0.3, 0.4) is 0 Å². The molecular weight excluding hydrogens is 388 g/mol. The molecule has 5 rings (SSSR count). The first-order chi connectivity index (χ1) is 14.1. The topological polar surface area (TPSA) is 79.7 Å². The molecule has 1 saturated heterocycles. The Morgan fingerprint density at radius 1 is 1.14 bits per heavy atom. The van der Waals surface area contributed by atoms with Gasteiger partial charge in [0.25, 0.3) is 5.91 Å². The van der Waals surface area contributed by atoms with Crippen LogP contribution < -0.4 is 0 Å². The zero-order valence-corrected chi connectivity index (χ0v) is 16.6. The number of carbonyl (C=O) groups excluding carboxylic acids is 1. The van der Waals surface area contributed by atoms with Crippen molar-refractivity contribution in [3.63, 3.8) is 0 Å². The van der Waals surface area contributed by atoms with E-state index in [1.807, 2.05) is 35.2 Å². The number of carboxylic acid groups (broad SMARTS) is 1. The number of benzene rings is 1. The number of likely N-dealkylation sites (tertiary alicyclic amines) is 1. The summed E-state index contributed by atoms with van der Waals surface area (Å²) in [5, 5.41) is 10.4. The number of nitrogens with zero attached hydrogens (tertiary/aromatic N) is 2. The molecule has 7 heteroatoms. The Labute approximate surface area is 171 Å². The number of para-hydroxylation sites is 1. The molecule has 0 atom stereocenters. The van der Waals surface area contributed by atoms with Crippen molar-refractivity contribution in [3.8, 4) is 0 Å². The van der Waals surface area contributed by atoms with Gasteiger partial charge in [-0.25, -0.2) is 9.78 Å². The first kappa shape index (κ1) is 18.3. The first-order valence-corrected chi connectivity index (χ1v) is 10.5. The van der Waals surface area contributed by atoms with E-state index in [0.717, 1.165) is 27.8 Å². The van der Waals surface area contributed by atoms with Crippen LogP contribution >= 0.6 is 11.3 Å². The summed E-state index contributed by atoms with van der Waals surface area (Å²) >= 11 is 1.35. The number of piperidine rings is 1. The third-order valence-corrected chi connectivity index (χ3v) is 7.08. The van der Waals surface area contributed by atoms with Gasteiger partial charge in [0.2, 0.25) is 0 Å². The summed E-state index contributed by atoms with van der Waals surface area (Å²) in [6.45, 7) is 1.71. The van der Waals surface area contributed by atoms with Crippen LogP contribution in [0.15, 0.2) is 42.5 Å². The van der Waals surface area contributed by atoms with E-state index in [1.54, 1.807) is 12.1 Å². The largest absolute Gasteiger partial charge is 0.477 e. The zero-order chi connectivity index (χ0) is 20.0. The van der Waals surface area contributed by atoms with Gasteiger partial charge in [0.05, 0.1) is 17.7 Å². The van der Waals surface area contributed by atoms with Gasteiger partial charge in [-0.1, -0.05) is 24.3 Å². The second-order valence-electron chi connectivity index (χ2n) is 7.53. The SMILES string of the molecule is O=C(O)c1cc2c(s1)CCOC21CCN(C(=O)c2ccc3ccccc3n2)CC1. The van der Waals surface area contributed by atoms with Crippen molar-refractivity contribution < 1.29 is 19.4 Å². The third-order valence-electron chi connectivity index (χ3n) is 5.89. The van der Waals surface area contributed by atoms with Gasteiger partial charge < -0.3 is 14.7 Å². The molecule has 148 valence electrons. The maximum absolute atomic E-state index is 13.0. The molecule has 0 bridgehead atoms. The van der Waals surface area contributed by atoms with Crippen molar-refractivity contribution in [2.45, 2.75) is 24.9 Å². The number of fused-ring (bicyclic) bond motifs is 3. The van der Waals surface area contributed by atoms with E-state index in [0.29, 0.717) is 43.1 Å². The number of carbonyl (C=O) groups is 2. The first-order valence-electron chi connectivity index (χ1n) is 9.71. The number of hydrogen-bond acceptors (Lipinski definition) is 5. The van der Waals surface area contributed by atoms with E-state index in [2.05, 4.69) is 4.98 Å². The molecule has 1 fully saturated rings. The normalized spacial score (nSPS) is 18.0. The van der Waals surface area contributed by atoms with Gasteiger partial charge >= 0.3 is 5.97 Å². The maximum Gasteiger partial charge on any atom is 0.345 e. The van der Waals surface area contributed by atoms with Crippen LogP contribution in [0.5, 0.6) is 0 Å². The van der Waals surface area contributed by atoms with Gasteiger partial charge in [-0.3, -0.25) is 4.79 Å². The van der Waals surface area contributed by atoms with Crippen LogP contribution in [0.4, 0.5) is 0 Å². The van der Waals surface area contributed by atoms with E-state index >= 15 is 0 Å². The number of aromatic nitrogens is 1. The van der Waals surface area contributed by atoms with Crippen LogP contribution in [0, 0.1) is 0 Å². The molecule has 1 amide bonds. The number of thiophene rings is 1. The standard InChI is InChI=1S/C22H20N2O4S/c25-20(17-6-5-14-3-1-2-4-16(14)23-17)24-10-8-22(9-11-24)15-13-19(21(26)27)29-18(15)7-12-28-22/h1-6,13H,7-12H2,(H,26,27). The van der Waals surface area contributed by atoms with E-state index in [9.17, 15) is 14.7 Å². The van der Waals surface area contributed by atoms with Gasteiger partial charge in [0.1, 0.15) is 10.6 Å². The molecule has 2 aliphatic rings. The Bertz CT molecular complexity index is 1110. The van der Waals surface area contributed by atoms with Gasteiger partial charge in [-0.15, -0.1) is 11.3 Å². The average molecular weight is 408 g/mol. The summed E-state index contributed by atoms with van der Waals surface area (Å²) in [4.78, 5) is 32.2. The smallest absolute Gasteiger partial charge is 0.345 e. The van der Waals surface area contributed by atoms with Crippen LogP contribution in [-0.4, -0.2) is 46.6 Å². The number of pyridine rings is 1. The average Bonchev–Trinajstić information content (AvgIpc) is 3.20. The molecule has 29 heavy (non-hydrogen) atoms. The lowest BCUT2D eigenvalue weighted by molar-refractivity contribution is -0.0926. The molecule has 0 saturated carbocycles. The molecule has 1 spiro atoms. The second kappa shape index (κ2) is 6.93. The molecule has 1 N–H and O–H groups in total. The summed E-state index contributed by atoms with van der Waals surface area (Å²) in [6.07, 6.45) is 2.07. The summed E-state index contributed by atoms with van der Waals surface area (Å²) in [5.74, 6) is -0.965. The fraction of sp³-hybridized carbons (Fsp3) is 0.318. The summed E-state index contributed by atoms with van der Waals surface area (Å²) in [6, 6.07) is 13.2. The summed E-state index contributed by atoms with van der Waals surface area (Å²) < 4.78 is 6.18. The van der Waals surface area contributed by atoms with Crippen molar-refractivity contribution >= 4 is 34.1 Å². The fourth-order valence-electron chi connectivity index (χ4n) is 4.35. The number of ether oxygens (including phenoxy) is 1. The van der Waals surface area contributed by atoms with Gasteiger partial charge in [-0.2, -0.15) is 0 Å². The van der Waals surface area contributed by atoms with Crippen LogP contribution in [0.1, 0.15) is 43.4 Å². The van der Waals surface area contributed by atoms with Crippen LogP contribution in [0.25, 0.3) is 10.9 Å². The lowest BCUT2D eigenvalue weighted by Crippen LogP contribution is -2.48. The van der Waals surface area contributed by atoms with Gasteiger partial charge in [-0.05, 0) is 36.6 Å². The Morgan fingerprint density at radius 3 is 2.72 bits per heavy atom. The summed E-state index contributed by atoms with van der Waals surface area (Å²) in [7, 11) is 0. The predicted octanol–water partition coefficient (Wildman–Crippen LogP) is 3.70. The highest BCUT2D eigenvalue weighted by Gasteiger charge is 2.43. The van der Waals surface area contributed by atoms with Crippen molar-refractivity contribution in [3.05, 3.63) is 63.5 Å². The van der Waals surface area contributed by atoms with E-state index in [-0.39, 0.29) is 5.91 Å². The number of amides is 1. The number of aromatic carboxylic acids is 1. The van der Waals surface area contributed by atoms with Crippen LogP contribution in [-0.2, 0) is 16.8 Å². The Hall–Kier alpha value is -2.77. The van der Waals surface area contributed by atoms with E-state index in [4.69, 9.17) is 4.74 Å². The molecule has 2 aliphatic heterocycles. The van der Waals surface area contributed by atoms with E-state index in [1.165, 1.54) is 11.3 Å². The molecule has 0 aliphatic carbocycles. The van der Waals surface area contributed by atoms with Gasteiger partial charge in [0.15, 0.2) is 0 Å². The maximum atomic E-state index is 13.0. The lowest BCUT2D eigenvalue weighted by atomic mass is 9.82. The second-order valence-corrected chi connectivity index (χ2v) is 8.66. The molecule has 0 unspecified atom stereocenters. The highest BCUT2D eigenvalue weighted by molar-refractivity contribution is 7.14. The summed E-state index contributed by atoms with van der Waals surface area (Å²) in [5.41, 5.74) is 1.79. The number of hydrogen-bond donors (Lipinski definition) is 1. The lowest BCUT2D eigenvalue weighted by Gasteiger charge is -2.44. The molecule has 0 radical (unpaired) electrons. The monoisotopic (exact) mass is 408 g/mol. The minimum atomic E-state index is -0.894. The minimum Gasteiger partial charge on any atom is -0.477 e. The number of carboxylic acids is 1. The van der Waals surface area contributed by atoms with Gasteiger partial charge in [0, 0.05) is 29.8 Å². The molecule has 6 nitrogen and oxygen atoms in total. The van der Waals surface area contributed by atoms with Crippen molar-refractivity contribution in [1.82, 2.24) is 9.88 Å². The third kappa shape index (κ3) is 3.10. The Balaban J connectivity index is 1.36. The minimum absolute atomic E-state index is 0.0711. The fourth-order valence-corrected chi connectivity index (χ4v) is 5.42. The Kier molecular flexibility index (Phi) is 4.37. The van der Waals surface area contributed by atoms with Crippen molar-refractivity contribution in [2.75, 3.05) is 19.7 Å². The predicted molar refractivity (Wildman–Crippen MR) is 109 cm³/mol. The quantitative estimate of drug-likeness (QED) is 0.699. The number of rotatable bonds is 2. The Morgan fingerprint density at radius 2 is 1.93 bits per heavy atom. The van der Waals surface area contributed by atoms with E-state index < -0.39 is 11.6 Å². The zero-order valence-electron chi connectivity index (χ0n) is 15.8. The molecule has 2 aromatic heterocycles. The van der Waals surface area contributed by atoms with Crippen molar-refractivity contribution in [2.24, 2.45) is 0 Å². The molecular formula is C22H20N2O4S.